The fraction of sp³-hybridized carbons (Fsp3) is 0.545. The molecule has 0 saturated carbocycles. The van der Waals surface area contributed by atoms with Crippen LogP contribution in [0.25, 0.3) is 0 Å². The van der Waals surface area contributed by atoms with E-state index >= 15 is 0 Å². The monoisotopic (exact) mass is 267 g/mol. The highest BCUT2D eigenvalue weighted by atomic mass is 32.2. The topological polar surface area (TPSA) is 98.1 Å². The van der Waals surface area contributed by atoms with E-state index in [4.69, 9.17) is 11.5 Å². The molecule has 4 N–H and O–H groups in total. The summed E-state index contributed by atoms with van der Waals surface area (Å²) in [6.07, 6.45) is 2.64. The van der Waals surface area contributed by atoms with Crippen molar-refractivity contribution in [3.05, 3.63) is 6.07 Å². The van der Waals surface area contributed by atoms with Gasteiger partial charge in [0.05, 0.1) is 5.41 Å². The summed E-state index contributed by atoms with van der Waals surface area (Å²) in [4.78, 5) is 22.0. The van der Waals surface area contributed by atoms with Crippen LogP contribution in [-0.4, -0.2) is 35.2 Å². The van der Waals surface area contributed by atoms with Gasteiger partial charge in [-0.05, 0) is 19.6 Å². The van der Waals surface area contributed by atoms with Crippen molar-refractivity contribution < 1.29 is 4.79 Å². The van der Waals surface area contributed by atoms with Crippen LogP contribution in [0.3, 0.4) is 0 Å². The third-order valence-electron chi connectivity index (χ3n) is 3.29. The first-order valence-electron chi connectivity index (χ1n) is 5.68. The summed E-state index contributed by atoms with van der Waals surface area (Å²) < 4.78 is 0. The van der Waals surface area contributed by atoms with Crippen LogP contribution in [0.2, 0.25) is 0 Å². The zero-order valence-electron chi connectivity index (χ0n) is 10.5. The van der Waals surface area contributed by atoms with E-state index in [-0.39, 0.29) is 5.91 Å². The second-order valence-electron chi connectivity index (χ2n) is 4.73. The van der Waals surface area contributed by atoms with Crippen molar-refractivity contribution in [3.63, 3.8) is 0 Å². The normalized spacial score (nSPS) is 23.3. The Bertz CT molecular complexity index is 481. The largest absolute Gasteiger partial charge is 0.383 e. The predicted octanol–water partition coefficient (Wildman–Crippen LogP) is 0.482. The highest BCUT2D eigenvalue weighted by Crippen LogP contribution is 2.32. The Morgan fingerprint density at radius 2 is 2.28 bits per heavy atom. The third-order valence-corrected chi connectivity index (χ3v) is 3.83. The third kappa shape index (κ3) is 2.35. The molecular formula is C11H17N5OS. The summed E-state index contributed by atoms with van der Waals surface area (Å²) in [5, 5.41) is 0.637. The lowest BCUT2D eigenvalue weighted by Gasteiger charge is -2.22. The van der Waals surface area contributed by atoms with Crippen molar-refractivity contribution in [1.82, 2.24) is 9.97 Å². The standard InChI is InChI=1S/C11H17N5OS/c1-11(9(13)17)3-4-16(6-11)8-5-7(12)14-10(15-8)18-2/h5H,3-4,6H2,1-2H3,(H2,13,17)(H2,12,14,15). The lowest BCUT2D eigenvalue weighted by molar-refractivity contribution is -0.125. The molecule has 18 heavy (non-hydrogen) atoms. The van der Waals surface area contributed by atoms with Crippen LogP contribution in [0.15, 0.2) is 11.2 Å². The van der Waals surface area contributed by atoms with Gasteiger partial charge in [0, 0.05) is 19.2 Å². The van der Waals surface area contributed by atoms with Crippen LogP contribution in [0.5, 0.6) is 0 Å². The Morgan fingerprint density at radius 1 is 1.56 bits per heavy atom. The Labute approximate surface area is 110 Å². The smallest absolute Gasteiger partial charge is 0.225 e. The lowest BCUT2D eigenvalue weighted by Crippen LogP contribution is -2.37. The van der Waals surface area contributed by atoms with Gasteiger partial charge >= 0.3 is 0 Å². The van der Waals surface area contributed by atoms with Crippen LogP contribution in [0.1, 0.15) is 13.3 Å². The molecule has 0 aromatic carbocycles. The fourth-order valence-corrected chi connectivity index (χ4v) is 2.42. The molecule has 1 aromatic heterocycles. The summed E-state index contributed by atoms with van der Waals surface area (Å²) in [5.41, 5.74) is 10.7. The molecule has 6 nitrogen and oxygen atoms in total. The first-order chi connectivity index (χ1) is 8.44. The quantitative estimate of drug-likeness (QED) is 0.610. The Kier molecular flexibility index (Phi) is 3.34. The zero-order valence-corrected chi connectivity index (χ0v) is 11.3. The maximum absolute atomic E-state index is 11.4. The molecule has 1 aliphatic rings. The van der Waals surface area contributed by atoms with Crippen molar-refractivity contribution in [2.75, 3.05) is 30.0 Å². The van der Waals surface area contributed by atoms with Gasteiger partial charge < -0.3 is 16.4 Å². The van der Waals surface area contributed by atoms with Crippen LogP contribution in [0.4, 0.5) is 11.6 Å². The SMILES string of the molecule is CSc1nc(N)cc(N2CCC(C)(C(N)=O)C2)n1. The van der Waals surface area contributed by atoms with Crippen molar-refractivity contribution in [1.29, 1.82) is 0 Å². The van der Waals surface area contributed by atoms with Crippen molar-refractivity contribution in [2.24, 2.45) is 11.1 Å². The summed E-state index contributed by atoms with van der Waals surface area (Å²) in [6, 6.07) is 1.73. The minimum Gasteiger partial charge on any atom is -0.383 e. The number of anilines is 2. The first-order valence-corrected chi connectivity index (χ1v) is 6.90. The number of nitrogen functional groups attached to an aromatic ring is 1. The number of amides is 1. The molecular weight excluding hydrogens is 250 g/mol. The minimum atomic E-state index is -0.487. The van der Waals surface area contributed by atoms with Gasteiger partial charge in [0.25, 0.3) is 0 Å². The molecule has 7 heteroatoms. The molecule has 1 aliphatic heterocycles. The second-order valence-corrected chi connectivity index (χ2v) is 5.51. The number of carbonyl (C=O) groups is 1. The molecule has 1 aromatic rings. The van der Waals surface area contributed by atoms with Gasteiger partial charge in [0.1, 0.15) is 11.6 Å². The average Bonchev–Trinajstić information content (AvgIpc) is 2.72. The molecule has 2 rings (SSSR count). The average molecular weight is 267 g/mol. The van der Waals surface area contributed by atoms with E-state index in [1.165, 1.54) is 11.8 Å². The number of hydrogen-bond donors (Lipinski definition) is 2. The van der Waals surface area contributed by atoms with Gasteiger partial charge in [0.15, 0.2) is 5.16 Å². The molecule has 1 fully saturated rings. The van der Waals surface area contributed by atoms with Gasteiger partial charge in [-0.15, -0.1) is 0 Å². The van der Waals surface area contributed by atoms with E-state index in [9.17, 15) is 4.79 Å². The minimum absolute atomic E-state index is 0.267. The van der Waals surface area contributed by atoms with Crippen molar-refractivity contribution in [2.45, 2.75) is 18.5 Å². The predicted molar refractivity (Wildman–Crippen MR) is 72.4 cm³/mol. The molecule has 2 heterocycles. The van der Waals surface area contributed by atoms with E-state index in [1.807, 2.05) is 18.1 Å². The summed E-state index contributed by atoms with van der Waals surface area (Å²) in [6.45, 7) is 3.21. The van der Waals surface area contributed by atoms with Crippen LogP contribution >= 0.6 is 11.8 Å². The zero-order chi connectivity index (χ0) is 13.3. The molecule has 1 amide bonds. The molecule has 0 radical (unpaired) electrons. The van der Waals surface area contributed by atoms with Gasteiger partial charge in [-0.1, -0.05) is 11.8 Å². The van der Waals surface area contributed by atoms with Gasteiger partial charge in [-0.3, -0.25) is 4.79 Å². The molecule has 1 saturated heterocycles. The number of thioether (sulfide) groups is 1. The molecule has 0 aliphatic carbocycles. The maximum Gasteiger partial charge on any atom is 0.225 e. The summed E-state index contributed by atoms with van der Waals surface area (Å²) >= 11 is 1.44. The van der Waals surface area contributed by atoms with Gasteiger partial charge in [-0.25, -0.2) is 9.97 Å². The maximum atomic E-state index is 11.4. The van der Waals surface area contributed by atoms with E-state index in [2.05, 4.69) is 9.97 Å². The number of nitrogens with two attached hydrogens (primary N) is 2. The number of carbonyl (C=O) groups excluding carboxylic acids is 1. The van der Waals surface area contributed by atoms with Gasteiger partial charge in [0.2, 0.25) is 5.91 Å². The van der Waals surface area contributed by atoms with E-state index in [0.29, 0.717) is 17.5 Å². The summed E-state index contributed by atoms with van der Waals surface area (Å²) in [5.74, 6) is 0.936. The van der Waals surface area contributed by atoms with Crippen molar-refractivity contribution in [3.8, 4) is 0 Å². The number of rotatable bonds is 3. The highest BCUT2D eigenvalue weighted by molar-refractivity contribution is 7.98. The number of aromatic nitrogens is 2. The van der Waals surface area contributed by atoms with E-state index < -0.39 is 5.41 Å². The molecule has 0 spiro atoms. The Hall–Kier alpha value is -1.50. The molecule has 1 atom stereocenters. The highest BCUT2D eigenvalue weighted by Gasteiger charge is 2.39. The van der Waals surface area contributed by atoms with Crippen molar-refractivity contribution >= 4 is 29.3 Å². The first kappa shape index (κ1) is 12.9. The van der Waals surface area contributed by atoms with Crippen LogP contribution < -0.4 is 16.4 Å². The van der Waals surface area contributed by atoms with Crippen LogP contribution in [-0.2, 0) is 4.79 Å². The molecule has 98 valence electrons. The van der Waals surface area contributed by atoms with E-state index in [0.717, 1.165) is 18.8 Å². The fourth-order valence-electron chi connectivity index (χ4n) is 2.04. The van der Waals surface area contributed by atoms with E-state index in [1.54, 1.807) is 6.07 Å². The Balaban J connectivity index is 2.24. The molecule has 0 bridgehead atoms. The van der Waals surface area contributed by atoms with Crippen LogP contribution in [0, 0.1) is 5.41 Å². The molecule has 1 unspecified atom stereocenters. The van der Waals surface area contributed by atoms with Gasteiger partial charge in [-0.2, -0.15) is 0 Å². The number of primary amides is 1. The second kappa shape index (κ2) is 4.64. The lowest BCUT2D eigenvalue weighted by atomic mass is 9.89. The number of nitrogens with zero attached hydrogens (tertiary/aromatic N) is 3. The Morgan fingerprint density at radius 3 is 2.83 bits per heavy atom. The number of hydrogen-bond acceptors (Lipinski definition) is 6. The summed E-state index contributed by atoms with van der Waals surface area (Å²) in [7, 11) is 0.